The topological polar surface area (TPSA) is 75.3 Å². The van der Waals surface area contributed by atoms with E-state index < -0.39 is 23.4 Å². The van der Waals surface area contributed by atoms with Gasteiger partial charge >= 0.3 is 6.04 Å². The van der Waals surface area contributed by atoms with Gasteiger partial charge < -0.3 is 10.6 Å². The predicted octanol–water partition coefficient (Wildman–Crippen LogP) is 4.93. The van der Waals surface area contributed by atoms with Gasteiger partial charge in [-0.15, -0.1) is 0 Å². The average molecular weight is 461 g/mol. The van der Waals surface area contributed by atoms with Crippen LogP contribution in [0.1, 0.15) is 47.2 Å². The van der Waals surface area contributed by atoms with Crippen molar-refractivity contribution in [3.63, 3.8) is 0 Å². The molecule has 3 unspecified atom stereocenters. The first-order chi connectivity index (χ1) is 14.7. The summed E-state index contributed by atoms with van der Waals surface area (Å²) in [6.45, 7) is 6.00. The normalized spacial score (nSPS) is 24.5. The molecular formula is C23H19Cl2FN2O3. The fourth-order valence-electron chi connectivity index (χ4n) is 4.78. The minimum atomic E-state index is -1.64. The lowest BCUT2D eigenvalue weighted by Gasteiger charge is -2.47. The van der Waals surface area contributed by atoms with Crippen LogP contribution in [0.4, 0.5) is 10.1 Å². The lowest BCUT2D eigenvalue weighted by molar-refractivity contribution is -0.130. The van der Waals surface area contributed by atoms with Crippen molar-refractivity contribution in [3.8, 4) is 0 Å². The number of hydrogen-bond donors (Lipinski definition) is 2. The summed E-state index contributed by atoms with van der Waals surface area (Å²) in [6.07, 6.45) is 0.475. The minimum absolute atomic E-state index is 0.0523. The Kier molecular flexibility index (Phi) is 5.40. The Labute approximate surface area is 188 Å². The Bertz CT molecular complexity index is 1150. The van der Waals surface area contributed by atoms with Crippen molar-refractivity contribution < 1.29 is 18.8 Å². The van der Waals surface area contributed by atoms with E-state index in [0.717, 1.165) is 0 Å². The van der Waals surface area contributed by atoms with E-state index in [-0.39, 0.29) is 28.8 Å². The molecule has 2 aromatic carbocycles. The third-order valence-electron chi connectivity index (χ3n) is 6.16. The molecule has 0 aliphatic carbocycles. The zero-order valence-corrected chi connectivity index (χ0v) is 18.1. The number of rotatable bonds is 4. The highest BCUT2D eigenvalue weighted by molar-refractivity contribution is 6.31. The van der Waals surface area contributed by atoms with Gasteiger partial charge in [0.15, 0.2) is 0 Å². The van der Waals surface area contributed by atoms with E-state index in [1.807, 2.05) is 6.92 Å². The molecule has 2 aromatic rings. The maximum Gasteiger partial charge on any atom is 0.332 e. The molecule has 2 N–H and O–H groups in total. The van der Waals surface area contributed by atoms with Crippen molar-refractivity contribution >= 4 is 46.7 Å². The molecule has 8 heteroatoms. The molecule has 1 saturated heterocycles. The summed E-state index contributed by atoms with van der Waals surface area (Å²) >= 11 is 12.3. The monoisotopic (exact) mass is 460 g/mol. The summed E-state index contributed by atoms with van der Waals surface area (Å²) in [4.78, 5) is 37.8. The summed E-state index contributed by atoms with van der Waals surface area (Å²) < 4.78 is 13.5. The van der Waals surface area contributed by atoms with Gasteiger partial charge in [0.05, 0.1) is 11.6 Å². The summed E-state index contributed by atoms with van der Waals surface area (Å²) in [5.41, 5.74) is 0.789. The van der Waals surface area contributed by atoms with Crippen molar-refractivity contribution in [2.45, 2.75) is 37.1 Å². The van der Waals surface area contributed by atoms with Gasteiger partial charge in [-0.1, -0.05) is 48.3 Å². The summed E-state index contributed by atoms with van der Waals surface area (Å²) in [6, 6.07) is 6.85. The maximum atomic E-state index is 13.6. The Balaban J connectivity index is 2.02. The molecular weight excluding hydrogens is 442 g/mol. The molecule has 3 atom stereocenters. The fourth-order valence-corrected chi connectivity index (χ4v) is 5.19. The summed E-state index contributed by atoms with van der Waals surface area (Å²) in [7, 11) is 0. The van der Waals surface area contributed by atoms with Gasteiger partial charge in [0, 0.05) is 28.1 Å². The standard InChI is InChI=1S/C23H19Cl2FN2O3/c1-3-11(2)20-23(16-5-4-14(24)9-18(16)27-22(23)31)17(10-19(29)28-20)12-6-13(21(26)30)8-15(25)7-12/h4-9,17,20H,2-3,10H2,1H3,(H,27,31)(H,28,29). The van der Waals surface area contributed by atoms with Gasteiger partial charge in [-0.05, 0) is 47.9 Å². The van der Waals surface area contributed by atoms with Crippen molar-refractivity contribution in [3.05, 3.63) is 75.3 Å². The second kappa shape index (κ2) is 7.77. The number of carbonyl (C=O) groups is 3. The highest BCUT2D eigenvalue weighted by Gasteiger charge is 2.61. The fraction of sp³-hybridized carbons (Fsp3) is 0.261. The van der Waals surface area contributed by atoms with Crippen molar-refractivity contribution in [1.29, 1.82) is 0 Å². The number of anilines is 1. The third kappa shape index (κ3) is 3.34. The lowest BCUT2D eigenvalue weighted by Crippen LogP contribution is -2.62. The molecule has 2 amide bonds. The largest absolute Gasteiger partial charge is 0.348 e. The minimum Gasteiger partial charge on any atom is -0.348 e. The van der Waals surface area contributed by atoms with Crippen LogP contribution in [0.2, 0.25) is 10.0 Å². The Morgan fingerprint density at radius 3 is 2.61 bits per heavy atom. The number of piperidine rings is 1. The number of nitrogens with one attached hydrogen (secondary N) is 2. The average Bonchev–Trinajstić information content (AvgIpc) is 2.99. The first-order valence-corrected chi connectivity index (χ1v) is 10.5. The molecule has 2 aliphatic heterocycles. The quantitative estimate of drug-likeness (QED) is 0.501. The SMILES string of the molecule is C=C(CC)C1NC(=O)CC(c2cc(Cl)cc(C(=O)F)c2)C12C(=O)Nc1cc(Cl)ccc12. The number of carbonyl (C=O) groups excluding carboxylic acids is 3. The van der Waals surface area contributed by atoms with E-state index in [9.17, 15) is 18.8 Å². The van der Waals surface area contributed by atoms with Crippen molar-refractivity contribution in [1.82, 2.24) is 5.32 Å². The Morgan fingerprint density at radius 2 is 1.94 bits per heavy atom. The molecule has 31 heavy (non-hydrogen) atoms. The molecule has 1 spiro atoms. The van der Waals surface area contributed by atoms with Crippen LogP contribution in [-0.2, 0) is 15.0 Å². The number of hydrogen-bond acceptors (Lipinski definition) is 3. The lowest BCUT2D eigenvalue weighted by atomic mass is 9.59. The van der Waals surface area contributed by atoms with E-state index in [0.29, 0.717) is 33.8 Å². The maximum absolute atomic E-state index is 13.6. The molecule has 0 saturated carbocycles. The molecule has 160 valence electrons. The summed E-state index contributed by atoms with van der Waals surface area (Å²) in [5, 5.41) is 6.41. The second-order valence-corrected chi connectivity index (χ2v) is 8.70. The molecule has 0 bridgehead atoms. The zero-order chi connectivity index (χ0) is 22.5. The van der Waals surface area contributed by atoms with Crippen LogP contribution < -0.4 is 10.6 Å². The smallest absolute Gasteiger partial charge is 0.332 e. The van der Waals surface area contributed by atoms with Gasteiger partial charge in [-0.2, -0.15) is 4.39 Å². The molecule has 2 heterocycles. The van der Waals surface area contributed by atoms with Crippen LogP contribution in [0.3, 0.4) is 0 Å². The number of fused-ring (bicyclic) bond motifs is 2. The van der Waals surface area contributed by atoms with E-state index in [1.165, 1.54) is 12.1 Å². The van der Waals surface area contributed by atoms with E-state index >= 15 is 0 Å². The Morgan fingerprint density at radius 1 is 1.19 bits per heavy atom. The first-order valence-electron chi connectivity index (χ1n) is 9.77. The number of halogens is 3. The second-order valence-electron chi connectivity index (χ2n) is 7.83. The van der Waals surface area contributed by atoms with Crippen molar-refractivity contribution in [2.24, 2.45) is 0 Å². The van der Waals surface area contributed by atoms with Gasteiger partial charge in [-0.25, -0.2) is 0 Å². The van der Waals surface area contributed by atoms with Gasteiger partial charge in [-0.3, -0.25) is 14.4 Å². The van der Waals surface area contributed by atoms with E-state index in [4.69, 9.17) is 23.2 Å². The van der Waals surface area contributed by atoms with Crippen LogP contribution >= 0.6 is 23.2 Å². The number of benzene rings is 2. The predicted molar refractivity (Wildman–Crippen MR) is 117 cm³/mol. The van der Waals surface area contributed by atoms with E-state index in [2.05, 4.69) is 17.2 Å². The molecule has 0 radical (unpaired) electrons. The van der Waals surface area contributed by atoms with Crippen LogP contribution in [0, 0.1) is 0 Å². The van der Waals surface area contributed by atoms with Gasteiger partial charge in [0.25, 0.3) is 0 Å². The number of amides is 2. The molecule has 2 aliphatic rings. The Hall–Kier alpha value is -2.70. The van der Waals surface area contributed by atoms with Crippen LogP contribution in [0.5, 0.6) is 0 Å². The highest BCUT2D eigenvalue weighted by atomic mass is 35.5. The van der Waals surface area contributed by atoms with Crippen LogP contribution in [0.25, 0.3) is 0 Å². The van der Waals surface area contributed by atoms with Crippen LogP contribution in [0.15, 0.2) is 48.6 Å². The molecule has 0 aromatic heterocycles. The van der Waals surface area contributed by atoms with Gasteiger partial charge in [0.2, 0.25) is 11.8 Å². The first kappa shape index (κ1) is 21.5. The zero-order valence-electron chi connectivity index (χ0n) is 16.6. The highest BCUT2D eigenvalue weighted by Crippen LogP contribution is 2.54. The van der Waals surface area contributed by atoms with E-state index in [1.54, 1.807) is 24.3 Å². The van der Waals surface area contributed by atoms with Gasteiger partial charge in [0.1, 0.15) is 5.41 Å². The summed E-state index contributed by atoms with van der Waals surface area (Å²) in [5.74, 6) is -1.32. The van der Waals surface area contributed by atoms with Crippen LogP contribution in [-0.4, -0.2) is 23.9 Å². The molecule has 5 nitrogen and oxygen atoms in total. The molecule has 4 rings (SSSR count). The third-order valence-corrected chi connectivity index (χ3v) is 6.62. The van der Waals surface area contributed by atoms with Crippen molar-refractivity contribution in [2.75, 3.05) is 5.32 Å². The molecule has 1 fully saturated rings.